The Bertz CT molecular complexity index is 892. The van der Waals surface area contributed by atoms with Gasteiger partial charge in [0.25, 0.3) is 5.91 Å². The molecule has 132 valence electrons. The van der Waals surface area contributed by atoms with Crippen molar-refractivity contribution in [1.82, 2.24) is 0 Å². The summed E-state index contributed by atoms with van der Waals surface area (Å²) in [6.07, 6.45) is 1.04. The van der Waals surface area contributed by atoms with Crippen molar-refractivity contribution in [2.75, 3.05) is 28.2 Å². The number of hydrogen-bond acceptors (Lipinski definition) is 4. The van der Waals surface area contributed by atoms with E-state index < -0.39 is 10.0 Å². The lowest BCUT2D eigenvalue weighted by atomic mass is 10.2. The molecule has 7 nitrogen and oxygen atoms in total. The highest BCUT2D eigenvalue weighted by molar-refractivity contribution is 7.92. The van der Waals surface area contributed by atoms with Crippen LogP contribution in [-0.2, 0) is 14.8 Å². The summed E-state index contributed by atoms with van der Waals surface area (Å²) in [5.74, 6) is -0.461. The molecule has 8 heteroatoms. The number of nitrogens with zero attached hydrogens (tertiary/aromatic N) is 1. The van der Waals surface area contributed by atoms with Crippen LogP contribution >= 0.6 is 0 Å². The van der Waals surface area contributed by atoms with E-state index in [1.165, 1.54) is 17.9 Å². The predicted octanol–water partition coefficient (Wildman–Crippen LogP) is 2.29. The lowest BCUT2D eigenvalue weighted by Crippen LogP contribution is -2.22. The van der Waals surface area contributed by atoms with Gasteiger partial charge in [-0.05, 0) is 42.5 Å². The van der Waals surface area contributed by atoms with E-state index in [1.807, 2.05) is 0 Å². The van der Waals surface area contributed by atoms with Gasteiger partial charge in [0.05, 0.1) is 6.26 Å². The number of rotatable bonds is 5. The first-order valence-electron chi connectivity index (χ1n) is 7.39. The maximum absolute atomic E-state index is 12.3. The topological polar surface area (TPSA) is 95.6 Å². The number of hydrogen-bond donors (Lipinski definition) is 2. The molecule has 0 spiro atoms. The van der Waals surface area contributed by atoms with Gasteiger partial charge in [-0.1, -0.05) is 6.07 Å². The summed E-state index contributed by atoms with van der Waals surface area (Å²) in [4.78, 5) is 25.1. The lowest BCUT2D eigenvalue weighted by Gasteiger charge is -2.15. The third-order valence-corrected chi connectivity index (χ3v) is 4.02. The molecule has 0 saturated carbocycles. The molecule has 0 aliphatic rings. The minimum absolute atomic E-state index is 0.0908. The second-order valence-electron chi connectivity index (χ2n) is 5.53. The molecular weight excluding hydrogens is 342 g/mol. The zero-order valence-corrected chi connectivity index (χ0v) is 14.9. The average Bonchev–Trinajstić information content (AvgIpc) is 2.53. The molecule has 2 aromatic carbocycles. The fourth-order valence-electron chi connectivity index (χ4n) is 2.09. The number of anilines is 3. The molecule has 0 bridgehead atoms. The van der Waals surface area contributed by atoms with Crippen molar-refractivity contribution in [2.45, 2.75) is 6.92 Å². The Morgan fingerprint density at radius 1 is 1.00 bits per heavy atom. The van der Waals surface area contributed by atoms with Crippen molar-refractivity contribution in [2.24, 2.45) is 0 Å². The highest BCUT2D eigenvalue weighted by Crippen LogP contribution is 2.18. The van der Waals surface area contributed by atoms with Gasteiger partial charge in [-0.25, -0.2) is 8.42 Å². The molecule has 2 aromatic rings. The Balaban J connectivity index is 2.12. The van der Waals surface area contributed by atoms with Gasteiger partial charge < -0.3 is 10.2 Å². The molecule has 2 N–H and O–H groups in total. The van der Waals surface area contributed by atoms with Crippen LogP contribution in [0.25, 0.3) is 0 Å². The van der Waals surface area contributed by atoms with Crippen molar-refractivity contribution >= 4 is 38.9 Å². The maximum Gasteiger partial charge on any atom is 0.255 e. The summed E-state index contributed by atoms with van der Waals surface area (Å²) in [5, 5.41) is 2.72. The molecule has 0 radical (unpaired) electrons. The van der Waals surface area contributed by atoms with Crippen LogP contribution in [0.1, 0.15) is 17.3 Å². The van der Waals surface area contributed by atoms with Crippen LogP contribution in [0.3, 0.4) is 0 Å². The number of carbonyl (C=O) groups is 2. The molecule has 0 unspecified atom stereocenters. The second-order valence-corrected chi connectivity index (χ2v) is 7.28. The Morgan fingerprint density at radius 3 is 2.20 bits per heavy atom. The summed E-state index contributed by atoms with van der Waals surface area (Å²) in [6, 6.07) is 13.0. The third kappa shape index (κ3) is 5.32. The smallest absolute Gasteiger partial charge is 0.255 e. The first-order chi connectivity index (χ1) is 11.7. The van der Waals surface area contributed by atoms with E-state index in [9.17, 15) is 18.0 Å². The minimum atomic E-state index is -3.41. The molecule has 25 heavy (non-hydrogen) atoms. The Labute approximate surface area is 146 Å². The molecule has 0 aromatic heterocycles. The number of carbonyl (C=O) groups excluding carboxylic acids is 2. The van der Waals surface area contributed by atoms with Crippen molar-refractivity contribution in [3.8, 4) is 0 Å². The zero-order chi connectivity index (χ0) is 18.6. The van der Waals surface area contributed by atoms with Gasteiger partial charge in [-0.15, -0.1) is 0 Å². The number of sulfonamides is 1. The Kier molecular flexibility index (Phi) is 5.43. The largest absolute Gasteiger partial charge is 0.322 e. The monoisotopic (exact) mass is 361 g/mol. The Hall–Kier alpha value is -2.87. The molecule has 0 fully saturated rings. The van der Waals surface area contributed by atoms with E-state index in [-0.39, 0.29) is 11.8 Å². The fraction of sp³-hybridized carbons (Fsp3) is 0.176. The third-order valence-electron chi connectivity index (χ3n) is 3.41. The van der Waals surface area contributed by atoms with Crippen LogP contribution in [0.5, 0.6) is 0 Å². The molecule has 0 heterocycles. The molecule has 0 aliphatic carbocycles. The van der Waals surface area contributed by atoms with E-state index >= 15 is 0 Å². The summed E-state index contributed by atoms with van der Waals surface area (Å²) in [5.41, 5.74) is 1.91. The number of amides is 2. The quantitative estimate of drug-likeness (QED) is 0.854. The normalized spacial score (nSPS) is 10.8. The Morgan fingerprint density at radius 2 is 1.64 bits per heavy atom. The van der Waals surface area contributed by atoms with Gasteiger partial charge >= 0.3 is 0 Å². The van der Waals surface area contributed by atoms with Crippen LogP contribution in [0, 0.1) is 0 Å². The number of benzene rings is 2. The van der Waals surface area contributed by atoms with E-state index in [0.29, 0.717) is 22.6 Å². The zero-order valence-electron chi connectivity index (χ0n) is 14.1. The lowest BCUT2D eigenvalue weighted by molar-refractivity contribution is -0.116. The fourth-order valence-corrected chi connectivity index (χ4v) is 2.65. The average molecular weight is 361 g/mol. The van der Waals surface area contributed by atoms with Gasteiger partial charge in [0, 0.05) is 36.6 Å². The van der Waals surface area contributed by atoms with Crippen LogP contribution in [-0.4, -0.2) is 33.5 Å². The van der Waals surface area contributed by atoms with Crippen molar-refractivity contribution < 1.29 is 18.0 Å². The molecule has 2 rings (SSSR count). The first kappa shape index (κ1) is 18.5. The van der Waals surface area contributed by atoms with E-state index in [4.69, 9.17) is 0 Å². The van der Waals surface area contributed by atoms with Gasteiger partial charge in [-0.3, -0.25) is 14.3 Å². The van der Waals surface area contributed by atoms with Gasteiger partial charge in [0.15, 0.2) is 0 Å². The van der Waals surface area contributed by atoms with Gasteiger partial charge in [0.2, 0.25) is 15.9 Å². The van der Waals surface area contributed by atoms with Gasteiger partial charge in [-0.2, -0.15) is 0 Å². The van der Waals surface area contributed by atoms with Gasteiger partial charge in [0.1, 0.15) is 0 Å². The van der Waals surface area contributed by atoms with E-state index in [2.05, 4.69) is 10.0 Å². The number of nitrogens with one attached hydrogen (secondary N) is 2. The van der Waals surface area contributed by atoms with E-state index in [1.54, 1.807) is 49.5 Å². The summed E-state index contributed by atoms with van der Waals surface area (Å²) in [6.45, 7) is 1.47. The molecule has 0 atom stereocenters. The standard InChI is InChI=1S/C17H19N3O4S/c1-12(21)20(2)16-9-7-14(8-10-16)18-17(22)13-5-4-6-15(11-13)19-25(3,23)24/h4-11,19H,1-3H3,(H,18,22). The van der Waals surface area contributed by atoms with Crippen LogP contribution in [0.15, 0.2) is 48.5 Å². The molecule has 0 saturated heterocycles. The summed E-state index contributed by atoms with van der Waals surface area (Å²) in [7, 11) is -1.75. The van der Waals surface area contributed by atoms with Crippen LogP contribution in [0.4, 0.5) is 17.1 Å². The summed E-state index contributed by atoms with van der Waals surface area (Å²) >= 11 is 0. The first-order valence-corrected chi connectivity index (χ1v) is 9.28. The molecule has 0 aliphatic heterocycles. The van der Waals surface area contributed by atoms with Crippen LogP contribution in [0.2, 0.25) is 0 Å². The minimum Gasteiger partial charge on any atom is -0.322 e. The summed E-state index contributed by atoms with van der Waals surface area (Å²) < 4.78 is 24.9. The molecule has 2 amide bonds. The van der Waals surface area contributed by atoms with Crippen molar-refractivity contribution in [3.05, 3.63) is 54.1 Å². The predicted molar refractivity (Wildman–Crippen MR) is 98.4 cm³/mol. The van der Waals surface area contributed by atoms with E-state index in [0.717, 1.165) is 6.26 Å². The highest BCUT2D eigenvalue weighted by Gasteiger charge is 2.10. The molecular formula is C17H19N3O4S. The van der Waals surface area contributed by atoms with Crippen LogP contribution < -0.4 is 14.9 Å². The maximum atomic E-state index is 12.3. The highest BCUT2D eigenvalue weighted by atomic mass is 32.2. The van der Waals surface area contributed by atoms with Crippen molar-refractivity contribution in [1.29, 1.82) is 0 Å². The van der Waals surface area contributed by atoms with Crippen molar-refractivity contribution in [3.63, 3.8) is 0 Å². The SMILES string of the molecule is CC(=O)N(C)c1ccc(NC(=O)c2cccc(NS(C)(=O)=O)c2)cc1. The second kappa shape index (κ2) is 7.35.